The Morgan fingerprint density at radius 1 is 1.36 bits per heavy atom. The summed E-state index contributed by atoms with van der Waals surface area (Å²) in [7, 11) is 1.40. The van der Waals surface area contributed by atoms with Crippen LogP contribution in [-0.2, 0) is 6.54 Å². The molecule has 1 aromatic carbocycles. The molecule has 0 bridgehead atoms. The molecule has 0 radical (unpaired) electrons. The number of rotatable bonds is 7. The Kier molecular flexibility index (Phi) is 7.81. The number of ether oxygens (including phenoxy) is 2. The highest BCUT2D eigenvalue weighted by Crippen LogP contribution is 2.29. The van der Waals surface area contributed by atoms with Gasteiger partial charge >= 0.3 is 6.61 Å². The summed E-state index contributed by atoms with van der Waals surface area (Å²) in [5.41, 5.74) is 0.812. The number of hydrogen-bond acceptors (Lipinski definition) is 5. The van der Waals surface area contributed by atoms with Gasteiger partial charge in [0.15, 0.2) is 11.5 Å². The van der Waals surface area contributed by atoms with Gasteiger partial charge in [-0.25, -0.2) is 0 Å². The summed E-state index contributed by atoms with van der Waals surface area (Å²) in [6.45, 7) is -0.336. The van der Waals surface area contributed by atoms with Crippen LogP contribution in [0.4, 0.5) is 8.78 Å². The zero-order chi connectivity index (χ0) is 15.2. The molecule has 1 heterocycles. The van der Waals surface area contributed by atoms with E-state index in [0.717, 1.165) is 12.1 Å². The number of nitrogens with one attached hydrogen (secondary N) is 2. The molecule has 0 aliphatic carbocycles. The molecule has 22 heavy (non-hydrogen) atoms. The highest BCUT2D eigenvalue weighted by Gasteiger charge is 2.24. The summed E-state index contributed by atoms with van der Waals surface area (Å²) in [5, 5.41) is 16.0. The number of methoxy groups -OCH3 is 1. The summed E-state index contributed by atoms with van der Waals surface area (Å²) in [6.07, 6.45) is -0.342. The standard InChI is InChI=1S/C14H20F2N2O3.ClH/c1-20-12-3-2-9(4-13(12)21-14(15)16)5-17-6-10-7-18-8-11(10)19;/h2-4,10-11,14,17-19H,5-8H2,1H3;1H. The lowest BCUT2D eigenvalue weighted by Crippen LogP contribution is -2.30. The maximum Gasteiger partial charge on any atom is 0.387 e. The Balaban J connectivity index is 0.00000242. The van der Waals surface area contributed by atoms with Crippen molar-refractivity contribution in [1.82, 2.24) is 10.6 Å². The van der Waals surface area contributed by atoms with Crippen molar-refractivity contribution in [3.8, 4) is 11.5 Å². The van der Waals surface area contributed by atoms with Crippen molar-refractivity contribution in [3.05, 3.63) is 23.8 Å². The minimum absolute atomic E-state index is 0. The van der Waals surface area contributed by atoms with Gasteiger partial charge in [0, 0.05) is 32.1 Å². The van der Waals surface area contributed by atoms with E-state index in [2.05, 4.69) is 15.4 Å². The SMILES string of the molecule is COc1ccc(CNCC2CNCC2O)cc1OC(F)F.Cl. The molecule has 0 aromatic heterocycles. The molecule has 0 spiro atoms. The third-order valence-corrected chi connectivity index (χ3v) is 3.48. The van der Waals surface area contributed by atoms with Gasteiger partial charge in [-0.05, 0) is 17.7 Å². The molecule has 5 nitrogen and oxygen atoms in total. The highest BCUT2D eigenvalue weighted by molar-refractivity contribution is 5.85. The molecule has 2 rings (SSSR count). The normalized spacial score (nSPS) is 20.8. The zero-order valence-corrected chi connectivity index (χ0v) is 13.0. The average Bonchev–Trinajstić information content (AvgIpc) is 2.84. The lowest BCUT2D eigenvalue weighted by molar-refractivity contribution is -0.0512. The summed E-state index contributed by atoms with van der Waals surface area (Å²) in [5.74, 6) is 0.462. The van der Waals surface area contributed by atoms with Crippen LogP contribution in [0.5, 0.6) is 11.5 Å². The number of halogens is 3. The molecule has 1 aromatic rings. The minimum atomic E-state index is -2.89. The zero-order valence-electron chi connectivity index (χ0n) is 12.2. The lowest BCUT2D eigenvalue weighted by Gasteiger charge is -2.15. The number of alkyl halides is 2. The van der Waals surface area contributed by atoms with Gasteiger partial charge in [0.05, 0.1) is 13.2 Å². The van der Waals surface area contributed by atoms with Gasteiger partial charge in [0.2, 0.25) is 0 Å². The fraction of sp³-hybridized carbons (Fsp3) is 0.571. The van der Waals surface area contributed by atoms with Crippen LogP contribution in [0.15, 0.2) is 18.2 Å². The van der Waals surface area contributed by atoms with E-state index in [1.54, 1.807) is 12.1 Å². The van der Waals surface area contributed by atoms with Crippen LogP contribution >= 0.6 is 12.4 Å². The maximum atomic E-state index is 12.3. The molecule has 1 aliphatic heterocycles. The van der Waals surface area contributed by atoms with Gasteiger partial charge < -0.3 is 25.2 Å². The van der Waals surface area contributed by atoms with Crippen molar-refractivity contribution >= 4 is 12.4 Å². The van der Waals surface area contributed by atoms with Crippen LogP contribution in [0.3, 0.4) is 0 Å². The molecule has 1 aliphatic rings. The van der Waals surface area contributed by atoms with Gasteiger partial charge in [-0.2, -0.15) is 8.78 Å². The Bertz CT molecular complexity index is 466. The molecule has 1 saturated heterocycles. The lowest BCUT2D eigenvalue weighted by atomic mass is 10.1. The molecule has 1 fully saturated rings. The van der Waals surface area contributed by atoms with Crippen molar-refractivity contribution in [1.29, 1.82) is 0 Å². The summed E-state index contributed by atoms with van der Waals surface area (Å²) in [6, 6.07) is 4.91. The molecule has 3 N–H and O–H groups in total. The predicted octanol–water partition coefficient (Wildman–Crippen LogP) is 1.39. The van der Waals surface area contributed by atoms with Crippen LogP contribution in [0.2, 0.25) is 0 Å². The van der Waals surface area contributed by atoms with Gasteiger partial charge in [0.25, 0.3) is 0 Å². The topological polar surface area (TPSA) is 62.8 Å². The van der Waals surface area contributed by atoms with Crippen molar-refractivity contribution in [3.63, 3.8) is 0 Å². The van der Waals surface area contributed by atoms with E-state index in [9.17, 15) is 13.9 Å². The number of benzene rings is 1. The Hall–Kier alpha value is -1.15. The number of aliphatic hydroxyl groups excluding tert-OH is 1. The average molecular weight is 339 g/mol. The smallest absolute Gasteiger partial charge is 0.387 e. The van der Waals surface area contributed by atoms with Gasteiger partial charge in [0.1, 0.15) is 0 Å². The summed E-state index contributed by atoms with van der Waals surface area (Å²) in [4.78, 5) is 0. The van der Waals surface area contributed by atoms with E-state index < -0.39 is 6.61 Å². The van der Waals surface area contributed by atoms with Crippen molar-refractivity contribution < 1.29 is 23.4 Å². The van der Waals surface area contributed by atoms with Gasteiger partial charge in [-0.15, -0.1) is 12.4 Å². The summed E-state index contributed by atoms with van der Waals surface area (Å²) < 4.78 is 34.1. The largest absolute Gasteiger partial charge is 0.493 e. The van der Waals surface area contributed by atoms with E-state index in [-0.39, 0.29) is 35.9 Å². The van der Waals surface area contributed by atoms with Crippen molar-refractivity contribution in [2.24, 2.45) is 5.92 Å². The Morgan fingerprint density at radius 3 is 2.73 bits per heavy atom. The Labute approximate surface area is 134 Å². The molecule has 2 unspecified atom stereocenters. The third-order valence-electron chi connectivity index (χ3n) is 3.48. The van der Waals surface area contributed by atoms with E-state index >= 15 is 0 Å². The second-order valence-electron chi connectivity index (χ2n) is 4.98. The van der Waals surface area contributed by atoms with Crippen LogP contribution in [0.1, 0.15) is 5.56 Å². The predicted molar refractivity (Wildman–Crippen MR) is 80.9 cm³/mol. The summed E-state index contributed by atoms with van der Waals surface area (Å²) >= 11 is 0. The highest BCUT2D eigenvalue weighted by atomic mass is 35.5. The van der Waals surface area contributed by atoms with Crippen LogP contribution in [-0.4, -0.2) is 44.6 Å². The van der Waals surface area contributed by atoms with Crippen LogP contribution in [0.25, 0.3) is 0 Å². The van der Waals surface area contributed by atoms with E-state index in [4.69, 9.17) is 4.74 Å². The number of hydrogen-bond donors (Lipinski definition) is 3. The van der Waals surface area contributed by atoms with E-state index in [1.165, 1.54) is 13.2 Å². The fourth-order valence-electron chi connectivity index (χ4n) is 2.35. The molecule has 126 valence electrons. The van der Waals surface area contributed by atoms with E-state index in [1.807, 2.05) is 0 Å². The Morgan fingerprint density at radius 2 is 2.14 bits per heavy atom. The fourth-order valence-corrected chi connectivity index (χ4v) is 2.35. The third kappa shape index (κ3) is 5.24. The van der Waals surface area contributed by atoms with Crippen LogP contribution < -0.4 is 20.1 Å². The first-order valence-electron chi connectivity index (χ1n) is 6.81. The van der Waals surface area contributed by atoms with Crippen molar-refractivity contribution in [2.75, 3.05) is 26.7 Å². The molecule has 8 heteroatoms. The minimum Gasteiger partial charge on any atom is -0.493 e. The first kappa shape index (κ1) is 18.9. The van der Waals surface area contributed by atoms with Crippen molar-refractivity contribution in [2.45, 2.75) is 19.3 Å². The van der Waals surface area contributed by atoms with E-state index in [0.29, 0.717) is 19.6 Å². The number of β-amino-alcohol motifs (C(OH)–C–C–N with tert-alkyl or cyclic N) is 1. The molecule has 2 atom stereocenters. The monoisotopic (exact) mass is 338 g/mol. The number of aliphatic hydroxyl groups is 1. The first-order chi connectivity index (χ1) is 10.1. The molecule has 0 amide bonds. The second kappa shape index (κ2) is 9.09. The van der Waals surface area contributed by atoms with Gasteiger partial charge in [-0.1, -0.05) is 6.07 Å². The van der Waals surface area contributed by atoms with Crippen LogP contribution in [0, 0.1) is 5.92 Å². The molecule has 0 saturated carbocycles. The first-order valence-corrected chi connectivity index (χ1v) is 6.81. The second-order valence-corrected chi connectivity index (χ2v) is 4.98. The maximum absolute atomic E-state index is 12.3. The molecular weight excluding hydrogens is 318 g/mol. The quantitative estimate of drug-likeness (QED) is 0.701. The van der Waals surface area contributed by atoms with Gasteiger partial charge in [-0.3, -0.25) is 0 Å². The molecular formula is C14H21ClF2N2O3.